The molecular weight excluding hydrogens is 318 g/mol. The van der Waals surface area contributed by atoms with Gasteiger partial charge in [0.2, 0.25) is 17.7 Å². The number of rotatable bonds is 3. The summed E-state index contributed by atoms with van der Waals surface area (Å²) in [4.78, 5) is 42.5. The molecule has 1 aromatic carbocycles. The van der Waals surface area contributed by atoms with Crippen LogP contribution in [0, 0.1) is 6.92 Å². The lowest BCUT2D eigenvalue weighted by Gasteiger charge is -2.39. The summed E-state index contributed by atoms with van der Waals surface area (Å²) in [5.41, 5.74) is 2.17. The lowest BCUT2D eigenvalue weighted by molar-refractivity contribution is -0.156. The van der Waals surface area contributed by atoms with Gasteiger partial charge in [-0.05, 0) is 18.9 Å². The molecule has 25 heavy (non-hydrogen) atoms. The Morgan fingerprint density at radius 3 is 2.72 bits per heavy atom. The first kappa shape index (κ1) is 17.5. The third-order valence-corrected chi connectivity index (χ3v) is 5.01. The summed E-state index contributed by atoms with van der Waals surface area (Å²) >= 11 is 0. The number of fused-ring (bicyclic) bond motifs is 1. The summed E-state index contributed by atoms with van der Waals surface area (Å²) in [6.45, 7) is 5.91. The maximum Gasteiger partial charge on any atom is 0.246 e. The predicted molar refractivity (Wildman–Crippen MR) is 93.6 cm³/mol. The summed E-state index contributed by atoms with van der Waals surface area (Å²) in [6.07, 6.45) is 0.965. The van der Waals surface area contributed by atoms with E-state index in [4.69, 9.17) is 0 Å². The summed E-state index contributed by atoms with van der Waals surface area (Å²) in [6, 6.07) is 7.55. The number of hydrogen-bond donors (Lipinski definition) is 0. The van der Waals surface area contributed by atoms with Crippen LogP contribution in [0.25, 0.3) is 0 Å². The molecule has 1 aromatic rings. The lowest BCUT2D eigenvalue weighted by atomic mass is 10.1. The molecule has 1 atom stereocenters. The van der Waals surface area contributed by atoms with Crippen molar-refractivity contribution in [1.82, 2.24) is 14.7 Å². The van der Waals surface area contributed by atoms with Gasteiger partial charge in [-0.3, -0.25) is 14.4 Å². The van der Waals surface area contributed by atoms with Crippen LogP contribution in [-0.4, -0.2) is 64.6 Å². The Morgan fingerprint density at radius 2 is 2.00 bits per heavy atom. The molecule has 0 saturated carbocycles. The van der Waals surface area contributed by atoms with Gasteiger partial charge in [-0.25, -0.2) is 0 Å². The van der Waals surface area contributed by atoms with E-state index in [9.17, 15) is 14.4 Å². The minimum atomic E-state index is -0.444. The molecule has 2 aliphatic heterocycles. The standard InChI is InChI=1S/C19H25N3O3/c1-3-17(23)20-8-7-16-19(25)21(13-18(24)22(16)10-9-20)12-15-6-4-5-14(2)11-15/h4-6,11,16H,3,7-10,12-13H2,1-2H3. The number of aryl methyl sites for hydroxylation is 1. The fraction of sp³-hybridized carbons (Fsp3) is 0.526. The lowest BCUT2D eigenvalue weighted by Crippen LogP contribution is -2.59. The van der Waals surface area contributed by atoms with Gasteiger partial charge in [0, 0.05) is 32.6 Å². The highest BCUT2D eigenvalue weighted by molar-refractivity contribution is 5.95. The average molecular weight is 343 g/mol. The van der Waals surface area contributed by atoms with Crippen LogP contribution in [0.5, 0.6) is 0 Å². The Labute approximate surface area is 148 Å². The maximum absolute atomic E-state index is 12.9. The van der Waals surface area contributed by atoms with Gasteiger partial charge in [0.15, 0.2) is 0 Å². The number of amides is 3. The molecular formula is C19H25N3O3. The molecule has 2 saturated heterocycles. The molecule has 3 amide bonds. The molecule has 3 rings (SSSR count). The zero-order chi connectivity index (χ0) is 18.0. The highest BCUT2D eigenvalue weighted by atomic mass is 16.2. The van der Waals surface area contributed by atoms with Crippen molar-refractivity contribution in [3.8, 4) is 0 Å². The molecule has 0 aliphatic carbocycles. The van der Waals surface area contributed by atoms with Gasteiger partial charge in [-0.2, -0.15) is 0 Å². The third kappa shape index (κ3) is 3.67. The minimum absolute atomic E-state index is 0.00750. The Balaban J connectivity index is 1.74. The zero-order valence-corrected chi connectivity index (χ0v) is 14.9. The zero-order valence-electron chi connectivity index (χ0n) is 14.9. The highest BCUT2D eigenvalue weighted by Crippen LogP contribution is 2.21. The number of piperazine rings is 1. The van der Waals surface area contributed by atoms with E-state index in [0.717, 1.165) is 11.1 Å². The van der Waals surface area contributed by atoms with E-state index in [1.807, 2.05) is 38.1 Å². The van der Waals surface area contributed by atoms with E-state index in [-0.39, 0.29) is 24.3 Å². The topological polar surface area (TPSA) is 60.9 Å². The molecule has 2 fully saturated rings. The average Bonchev–Trinajstić information content (AvgIpc) is 2.82. The van der Waals surface area contributed by atoms with Crippen molar-refractivity contribution in [3.05, 3.63) is 35.4 Å². The van der Waals surface area contributed by atoms with Crippen LogP contribution in [0.4, 0.5) is 0 Å². The van der Waals surface area contributed by atoms with E-state index >= 15 is 0 Å². The van der Waals surface area contributed by atoms with Gasteiger partial charge in [0.05, 0.1) is 0 Å². The van der Waals surface area contributed by atoms with Crippen LogP contribution < -0.4 is 0 Å². The first-order valence-electron chi connectivity index (χ1n) is 8.91. The molecule has 1 unspecified atom stereocenters. The number of benzene rings is 1. The van der Waals surface area contributed by atoms with Crippen molar-refractivity contribution in [2.75, 3.05) is 26.2 Å². The Kier molecular flexibility index (Phi) is 5.06. The van der Waals surface area contributed by atoms with Crippen LogP contribution >= 0.6 is 0 Å². The van der Waals surface area contributed by atoms with Gasteiger partial charge in [0.25, 0.3) is 0 Å². The van der Waals surface area contributed by atoms with Crippen molar-refractivity contribution in [3.63, 3.8) is 0 Å². The molecule has 0 N–H and O–H groups in total. The van der Waals surface area contributed by atoms with Crippen molar-refractivity contribution < 1.29 is 14.4 Å². The first-order valence-corrected chi connectivity index (χ1v) is 8.91. The van der Waals surface area contributed by atoms with Crippen LogP contribution in [0.3, 0.4) is 0 Å². The molecule has 2 heterocycles. The molecule has 6 heteroatoms. The Bertz CT molecular complexity index is 688. The summed E-state index contributed by atoms with van der Waals surface area (Å²) in [5, 5.41) is 0. The van der Waals surface area contributed by atoms with Gasteiger partial charge in [0.1, 0.15) is 12.6 Å². The van der Waals surface area contributed by atoms with E-state index in [1.165, 1.54) is 0 Å². The minimum Gasteiger partial charge on any atom is -0.341 e. The number of carbonyl (C=O) groups is 3. The molecule has 0 aromatic heterocycles. The first-order chi connectivity index (χ1) is 12.0. The van der Waals surface area contributed by atoms with Gasteiger partial charge >= 0.3 is 0 Å². The predicted octanol–water partition coefficient (Wildman–Crippen LogP) is 1.18. The molecule has 134 valence electrons. The van der Waals surface area contributed by atoms with Crippen molar-refractivity contribution in [2.45, 2.75) is 39.3 Å². The second-order valence-electron chi connectivity index (χ2n) is 6.81. The fourth-order valence-electron chi connectivity index (χ4n) is 3.67. The number of carbonyl (C=O) groups excluding carboxylic acids is 3. The SMILES string of the molecule is CCC(=O)N1CCC2C(=O)N(Cc3cccc(C)c3)CC(=O)N2CC1. The summed E-state index contributed by atoms with van der Waals surface area (Å²) in [5.74, 6) is 0.0475. The molecule has 0 bridgehead atoms. The monoisotopic (exact) mass is 343 g/mol. The van der Waals surface area contributed by atoms with Gasteiger partial charge < -0.3 is 14.7 Å². The molecule has 0 radical (unpaired) electrons. The second-order valence-corrected chi connectivity index (χ2v) is 6.81. The largest absolute Gasteiger partial charge is 0.341 e. The second kappa shape index (κ2) is 7.25. The van der Waals surface area contributed by atoms with Crippen molar-refractivity contribution in [2.24, 2.45) is 0 Å². The highest BCUT2D eigenvalue weighted by Gasteiger charge is 2.40. The van der Waals surface area contributed by atoms with Crippen LogP contribution in [0.2, 0.25) is 0 Å². The quantitative estimate of drug-likeness (QED) is 0.828. The van der Waals surface area contributed by atoms with E-state index < -0.39 is 6.04 Å². The smallest absolute Gasteiger partial charge is 0.246 e. The number of nitrogens with zero attached hydrogens (tertiary/aromatic N) is 3. The Morgan fingerprint density at radius 1 is 1.20 bits per heavy atom. The van der Waals surface area contributed by atoms with Gasteiger partial charge in [-0.1, -0.05) is 36.8 Å². The molecule has 0 spiro atoms. The van der Waals surface area contributed by atoms with E-state index in [0.29, 0.717) is 39.0 Å². The van der Waals surface area contributed by atoms with Crippen LogP contribution in [-0.2, 0) is 20.9 Å². The Hall–Kier alpha value is -2.37. The third-order valence-electron chi connectivity index (χ3n) is 5.01. The number of hydrogen-bond acceptors (Lipinski definition) is 3. The molecule has 2 aliphatic rings. The summed E-state index contributed by atoms with van der Waals surface area (Å²) < 4.78 is 0. The normalized spacial score (nSPS) is 21.2. The van der Waals surface area contributed by atoms with Gasteiger partial charge in [-0.15, -0.1) is 0 Å². The van der Waals surface area contributed by atoms with E-state index in [2.05, 4.69) is 0 Å². The van der Waals surface area contributed by atoms with E-state index in [1.54, 1.807) is 14.7 Å². The van der Waals surface area contributed by atoms with Crippen LogP contribution in [0.1, 0.15) is 30.9 Å². The molecule has 6 nitrogen and oxygen atoms in total. The van der Waals surface area contributed by atoms with Crippen LogP contribution in [0.15, 0.2) is 24.3 Å². The van der Waals surface area contributed by atoms with Crippen molar-refractivity contribution >= 4 is 17.7 Å². The summed E-state index contributed by atoms with van der Waals surface area (Å²) in [7, 11) is 0. The van der Waals surface area contributed by atoms with Crippen molar-refractivity contribution in [1.29, 1.82) is 0 Å². The fourth-order valence-corrected chi connectivity index (χ4v) is 3.67. The maximum atomic E-state index is 12.9.